The molecule has 0 saturated heterocycles. The number of halogens is 2. The van der Waals surface area contributed by atoms with Crippen molar-refractivity contribution >= 4 is 46.5 Å². The average molecular weight is 295 g/mol. The zero-order valence-electron chi connectivity index (χ0n) is 9.15. The molecule has 0 amide bonds. The van der Waals surface area contributed by atoms with Crippen molar-refractivity contribution in [1.29, 1.82) is 0 Å². The Morgan fingerprint density at radius 1 is 1.06 bits per heavy atom. The molecule has 0 aliphatic rings. The first-order valence-electron chi connectivity index (χ1n) is 5.32. The van der Waals surface area contributed by atoms with Crippen LogP contribution in [-0.4, -0.2) is 9.55 Å². The molecule has 3 rings (SSSR count). The van der Waals surface area contributed by atoms with Crippen LogP contribution in [0.2, 0.25) is 10.0 Å². The number of nitrogens with one attached hydrogen (secondary N) is 1. The first-order chi connectivity index (χ1) is 8.66. The van der Waals surface area contributed by atoms with Gasteiger partial charge in [-0.15, -0.1) is 0 Å². The van der Waals surface area contributed by atoms with E-state index in [1.54, 1.807) is 0 Å². The highest BCUT2D eigenvalue weighted by atomic mass is 35.5. The number of hydrogen-bond donors (Lipinski definition) is 1. The number of nitrogens with zero attached hydrogens (tertiary/aromatic N) is 1. The number of H-pyrrole nitrogens is 1. The van der Waals surface area contributed by atoms with E-state index in [9.17, 15) is 0 Å². The second-order valence-electron chi connectivity index (χ2n) is 3.88. The molecule has 0 atom stereocenters. The molecular weight excluding hydrogens is 287 g/mol. The Kier molecular flexibility index (Phi) is 2.90. The van der Waals surface area contributed by atoms with Crippen molar-refractivity contribution in [3.63, 3.8) is 0 Å². The van der Waals surface area contributed by atoms with Gasteiger partial charge < -0.3 is 4.98 Å². The van der Waals surface area contributed by atoms with E-state index in [2.05, 4.69) is 4.98 Å². The predicted octanol–water partition coefficient (Wildman–Crippen LogP) is 4.99. The summed E-state index contributed by atoms with van der Waals surface area (Å²) in [6.07, 6.45) is 0. The van der Waals surface area contributed by atoms with Crippen molar-refractivity contribution in [2.45, 2.75) is 0 Å². The molecule has 0 saturated carbocycles. The Morgan fingerprint density at radius 3 is 2.61 bits per heavy atom. The van der Waals surface area contributed by atoms with Gasteiger partial charge in [0.15, 0.2) is 4.77 Å². The van der Waals surface area contributed by atoms with Crippen molar-refractivity contribution in [3.8, 4) is 5.69 Å². The molecule has 90 valence electrons. The topological polar surface area (TPSA) is 20.7 Å². The van der Waals surface area contributed by atoms with Gasteiger partial charge in [0.25, 0.3) is 0 Å². The van der Waals surface area contributed by atoms with Gasteiger partial charge in [-0.05, 0) is 42.5 Å². The van der Waals surface area contributed by atoms with Crippen molar-refractivity contribution in [3.05, 3.63) is 57.3 Å². The number of aromatic amines is 1. The zero-order valence-corrected chi connectivity index (χ0v) is 11.5. The fraction of sp³-hybridized carbons (Fsp3) is 0. The van der Waals surface area contributed by atoms with Gasteiger partial charge in [-0.25, -0.2) is 0 Å². The quantitative estimate of drug-likeness (QED) is 0.627. The van der Waals surface area contributed by atoms with Crippen LogP contribution in [0, 0.1) is 4.77 Å². The Morgan fingerprint density at radius 2 is 1.83 bits per heavy atom. The van der Waals surface area contributed by atoms with Crippen LogP contribution >= 0.6 is 35.4 Å². The fourth-order valence-electron chi connectivity index (χ4n) is 1.95. The van der Waals surface area contributed by atoms with Gasteiger partial charge in [-0.1, -0.05) is 35.3 Å². The van der Waals surface area contributed by atoms with Crippen LogP contribution in [0.3, 0.4) is 0 Å². The Labute approximate surface area is 119 Å². The van der Waals surface area contributed by atoms with Crippen LogP contribution in [0.25, 0.3) is 16.7 Å². The number of rotatable bonds is 1. The predicted molar refractivity (Wildman–Crippen MR) is 78.5 cm³/mol. The van der Waals surface area contributed by atoms with E-state index in [4.69, 9.17) is 35.4 Å². The van der Waals surface area contributed by atoms with E-state index in [0.717, 1.165) is 16.7 Å². The van der Waals surface area contributed by atoms with E-state index in [-0.39, 0.29) is 0 Å². The third-order valence-corrected chi connectivity index (χ3v) is 3.58. The van der Waals surface area contributed by atoms with E-state index >= 15 is 0 Å². The highest BCUT2D eigenvalue weighted by Gasteiger charge is 2.09. The van der Waals surface area contributed by atoms with Crippen molar-refractivity contribution in [2.75, 3.05) is 0 Å². The average Bonchev–Trinajstić information content (AvgIpc) is 2.66. The summed E-state index contributed by atoms with van der Waals surface area (Å²) in [5, 5.41) is 1.31. The molecule has 2 aromatic carbocycles. The molecule has 2 nitrogen and oxygen atoms in total. The molecule has 1 aromatic heterocycles. The lowest BCUT2D eigenvalue weighted by Crippen LogP contribution is -1.94. The summed E-state index contributed by atoms with van der Waals surface area (Å²) in [7, 11) is 0. The van der Waals surface area contributed by atoms with Crippen LogP contribution in [0.15, 0.2) is 42.5 Å². The molecule has 0 fully saturated rings. The van der Waals surface area contributed by atoms with Crippen molar-refractivity contribution in [2.24, 2.45) is 0 Å². The van der Waals surface area contributed by atoms with Gasteiger partial charge in [-0.3, -0.25) is 4.57 Å². The second kappa shape index (κ2) is 4.43. The molecule has 18 heavy (non-hydrogen) atoms. The fourth-order valence-corrected chi connectivity index (χ4v) is 2.64. The van der Waals surface area contributed by atoms with E-state index in [1.807, 2.05) is 47.0 Å². The summed E-state index contributed by atoms with van der Waals surface area (Å²) in [4.78, 5) is 3.14. The van der Waals surface area contributed by atoms with Gasteiger partial charge in [0.2, 0.25) is 0 Å². The molecule has 0 aliphatic carbocycles. The van der Waals surface area contributed by atoms with E-state index < -0.39 is 0 Å². The Bertz CT molecular complexity index is 789. The minimum atomic E-state index is 0.598. The molecule has 0 spiro atoms. The summed E-state index contributed by atoms with van der Waals surface area (Å²) < 4.78 is 2.49. The molecule has 0 unspecified atom stereocenters. The maximum absolute atomic E-state index is 6.21. The maximum atomic E-state index is 6.21. The standard InChI is InChI=1S/C13H8Cl2N2S/c14-8-5-6-10-12(7-8)17(13(18)16-10)11-4-2-1-3-9(11)15/h1-7H,(H,16,18). The third-order valence-electron chi connectivity index (χ3n) is 2.74. The van der Waals surface area contributed by atoms with Gasteiger partial charge in [0, 0.05) is 5.02 Å². The molecular formula is C13H8Cl2N2S. The molecule has 1 heterocycles. The number of para-hydroxylation sites is 1. The number of imidazole rings is 1. The number of fused-ring (bicyclic) bond motifs is 1. The SMILES string of the molecule is S=c1[nH]c2ccc(Cl)cc2n1-c1ccccc1Cl. The van der Waals surface area contributed by atoms with Crippen LogP contribution in [-0.2, 0) is 0 Å². The van der Waals surface area contributed by atoms with E-state index in [1.165, 1.54) is 0 Å². The first-order valence-corrected chi connectivity index (χ1v) is 6.48. The molecule has 5 heteroatoms. The van der Waals surface area contributed by atoms with Gasteiger partial charge in [0.05, 0.1) is 21.7 Å². The van der Waals surface area contributed by atoms with Crippen LogP contribution in [0.5, 0.6) is 0 Å². The van der Waals surface area contributed by atoms with Crippen molar-refractivity contribution < 1.29 is 0 Å². The van der Waals surface area contributed by atoms with Crippen LogP contribution < -0.4 is 0 Å². The zero-order chi connectivity index (χ0) is 12.7. The molecule has 0 bridgehead atoms. The van der Waals surface area contributed by atoms with Gasteiger partial charge in [-0.2, -0.15) is 0 Å². The summed E-state index contributed by atoms with van der Waals surface area (Å²) >= 11 is 17.6. The molecule has 0 radical (unpaired) electrons. The molecule has 3 aromatic rings. The largest absolute Gasteiger partial charge is 0.330 e. The van der Waals surface area contributed by atoms with Gasteiger partial charge >= 0.3 is 0 Å². The Hall–Kier alpha value is -1.29. The van der Waals surface area contributed by atoms with Crippen LogP contribution in [0.1, 0.15) is 0 Å². The third kappa shape index (κ3) is 1.85. The molecule has 0 aliphatic heterocycles. The minimum Gasteiger partial charge on any atom is -0.330 e. The van der Waals surface area contributed by atoms with E-state index in [0.29, 0.717) is 14.8 Å². The first kappa shape index (κ1) is 11.8. The maximum Gasteiger partial charge on any atom is 0.182 e. The normalized spacial score (nSPS) is 11.0. The lowest BCUT2D eigenvalue weighted by Gasteiger charge is -2.06. The summed E-state index contributed by atoms with van der Waals surface area (Å²) in [5.74, 6) is 0. The summed E-state index contributed by atoms with van der Waals surface area (Å²) in [5.41, 5.74) is 2.70. The monoisotopic (exact) mass is 294 g/mol. The molecule has 1 N–H and O–H groups in total. The second-order valence-corrected chi connectivity index (χ2v) is 5.11. The lowest BCUT2D eigenvalue weighted by atomic mass is 10.3. The number of hydrogen-bond acceptors (Lipinski definition) is 1. The van der Waals surface area contributed by atoms with Crippen molar-refractivity contribution in [1.82, 2.24) is 9.55 Å². The van der Waals surface area contributed by atoms with Gasteiger partial charge in [0.1, 0.15) is 0 Å². The minimum absolute atomic E-state index is 0.598. The Balaban J connectivity index is 2.42. The highest BCUT2D eigenvalue weighted by Crippen LogP contribution is 2.26. The number of benzene rings is 2. The number of aromatic nitrogens is 2. The van der Waals surface area contributed by atoms with Crippen LogP contribution in [0.4, 0.5) is 0 Å². The summed E-state index contributed by atoms with van der Waals surface area (Å²) in [6, 6.07) is 13.2. The lowest BCUT2D eigenvalue weighted by molar-refractivity contribution is 1.07. The highest BCUT2D eigenvalue weighted by molar-refractivity contribution is 7.71. The smallest absolute Gasteiger partial charge is 0.182 e. The summed E-state index contributed by atoms with van der Waals surface area (Å²) in [6.45, 7) is 0.